The molecule has 5 nitrogen and oxygen atoms in total. The fourth-order valence-corrected chi connectivity index (χ4v) is 4.44. The van der Waals surface area contributed by atoms with Crippen molar-refractivity contribution in [2.24, 2.45) is 0 Å². The van der Waals surface area contributed by atoms with E-state index in [1.807, 2.05) is 41.8 Å². The Kier molecular flexibility index (Phi) is 6.39. The molecule has 1 aliphatic heterocycles. The van der Waals surface area contributed by atoms with Crippen LogP contribution in [0.5, 0.6) is 0 Å². The summed E-state index contributed by atoms with van der Waals surface area (Å²) in [5.74, 6) is 0.121. The van der Waals surface area contributed by atoms with Crippen molar-refractivity contribution in [2.45, 2.75) is 50.6 Å². The molecule has 0 radical (unpaired) electrons. The average molecular weight is 388 g/mol. The number of carbonyl (C=O) groups is 1. The zero-order valence-electron chi connectivity index (χ0n) is 15.9. The number of imidazole rings is 1. The van der Waals surface area contributed by atoms with Crippen LogP contribution in [0.2, 0.25) is 0 Å². The van der Waals surface area contributed by atoms with Gasteiger partial charge in [-0.05, 0) is 17.9 Å². The topological polar surface area (TPSA) is 55.3 Å². The molecule has 6 heteroatoms. The number of hydrogen-bond acceptors (Lipinski definition) is 4. The fraction of sp³-hybridized carbons (Fsp3) is 0.429. The Bertz CT molecular complexity index is 793. The summed E-state index contributed by atoms with van der Waals surface area (Å²) < 4.78 is 9.91. The Balaban J connectivity index is 1.60. The number of aromatic nitrogens is 2. The SMILES string of the molecule is CCn1cc[n+](CCCOC(=O)C(c2ccccc2)C2(O)CC=CS2)c1C. The van der Waals surface area contributed by atoms with Gasteiger partial charge in [-0.3, -0.25) is 4.79 Å². The van der Waals surface area contributed by atoms with Gasteiger partial charge >= 0.3 is 5.97 Å². The van der Waals surface area contributed by atoms with Gasteiger partial charge in [-0.15, -0.1) is 0 Å². The lowest BCUT2D eigenvalue weighted by molar-refractivity contribution is -0.702. The highest BCUT2D eigenvalue weighted by atomic mass is 32.2. The molecule has 0 saturated carbocycles. The van der Waals surface area contributed by atoms with Crippen LogP contribution < -0.4 is 4.57 Å². The number of ether oxygens (including phenoxy) is 1. The van der Waals surface area contributed by atoms with Gasteiger partial charge in [0.15, 0.2) is 0 Å². The second-order valence-electron chi connectivity index (χ2n) is 6.73. The largest absolute Gasteiger partial charge is 0.465 e. The quantitative estimate of drug-likeness (QED) is 0.429. The van der Waals surface area contributed by atoms with Gasteiger partial charge in [0.1, 0.15) is 23.2 Å². The van der Waals surface area contributed by atoms with E-state index in [1.54, 1.807) is 0 Å². The molecule has 2 unspecified atom stereocenters. The molecular formula is C21H27N2O3S+. The molecule has 0 saturated heterocycles. The van der Waals surface area contributed by atoms with Crippen LogP contribution in [0.25, 0.3) is 0 Å². The third-order valence-corrected chi connectivity index (χ3v) is 6.12. The van der Waals surface area contributed by atoms with E-state index in [-0.39, 0.29) is 5.97 Å². The molecule has 1 N–H and O–H groups in total. The van der Waals surface area contributed by atoms with Crippen molar-refractivity contribution in [3.63, 3.8) is 0 Å². The first-order valence-corrected chi connectivity index (χ1v) is 10.2. The second kappa shape index (κ2) is 8.76. The van der Waals surface area contributed by atoms with Gasteiger partial charge in [0.05, 0.1) is 19.7 Å². The van der Waals surface area contributed by atoms with Gasteiger partial charge in [-0.2, -0.15) is 0 Å². The van der Waals surface area contributed by atoms with E-state index in [0.29, 0.717) is 13.0 Å². The summed E-state index contributed by atoms with van der Waals surface area (Å²) in [5.41, 5.74) is 0.784. The number of hydrogen-bond donors (Lipinski definition) is 1. The maximum atomic E-state index is 12.8. The average Bonchev–Trinajstić information content (AvgIpc) is 3.26. The molecule has 1 aliphatic rings. The third-order valence-electron chi connectivity index (χ3n) is 4.98. The van der Waals surface area contributed by atoms with E-state index < -0.39 is 10.9 Å². The predicted octanol–water partition coefficient (Wildman–Crippen LogP) is 3.16. The molecule has 0 aliphatic carbocycles. The monoisotopic (exact) mass is 387 g/mol. The summed E-state index contributed by atoms with van der Waals surface area (Å²) in [6.07, 6.45) is 7.18. The van der Waals surface area contributed by atoms with Crippen molar-refractivity contribution in [3.8, 4) is 0 Å². The molecule has 1 aromatic carbocycles. The number of benzene rings is 1. The highest BCUT2D eigenvalue weighted by molar-refractivity contribution is 8.03. The van der Waals surface area contributed by atoms with Gasteiger partial charge in [0, 0.05) is 19.8 Å². The minimum absolute atomic E-state index is 0.333. The fourth-order valence-electron chi connectivity index (χ4n) is 3.45. The lowest BCUT2D eigenvalue weighted by Crippen LogP contribution is -2.38. The summed E-state index contributed by atoms with van der Waals surface area (Å²) in [4.78, 5) is 11.7. The minimum atomic E-state index is -1.18. The lowest BCUT2D eigenvalue weighted by Gasteiger charge is -2.30. The normalized spacial score (nSPS) is 20.0. The van der Waals surface area contributed by atoms with E-state index in [4.69, 9.17) is 4.74 Å². The van der Waals surface area contributed by atoms with E-state index in [2.05, 4.69) is 35.4 Å². The first-order valence-electron chi connectivity index (χ1n) is 9.37. The number of aliphatic hydroxyl groups is 1. The molecule has 2 heterocycles. The van der Waals surface area contributed by atoms with E-state index in [1.165, 1.54) is 17.6 Å². The van der Waals surface area contributed by atoms with Crippen LogP contribution in [0.1, 0.15) is 37.1 Å². The Morgan fingerprint density at radius 1 is 1.41 bits per heavy atom. The van der Waals surface area contributed by atoms with Crippen molar-refractivity contribution in [2.75, 3.05) is 6.61 Å². The molecule has 0 bridgehead atoms. The highest BCUT2D eigenvalue weighted by Gasteiger charge is 2.44. The van der Waals surface area contributed by atoms with Crippen LogP contribution in [0.3, 0.4) is 0 Å². The Morgan fingerprint density at radius 3 is 2.81 bits per heavy atom. The Hall–Kier alpha value is -2.05. The molecule has 1 aromatic heterocycles. The number of esters is 1. The Labute approximate surface area is 164 Å². The molecule has 3 rings (SSSR count). The van der Waals surface area contributed by atoms with Gasteiger partial charge in [-0.1, -0.05) is 48.2 Å². The van der Waals surface area contributed by atoms with E-state index >= 15 is 0 Å². The highest BCUT2D eigenvalue weighted by Crippen LogP contribution is 2.45. The summed E-state index contributed by atoms with van der Waals surface area (Å²) in [7, 11) is 0. The molecule has 0 amide bonds. The Morgan fingerprint density at radius 2 is 2.19 bits per heavy atom. The van der Waals surface area contributed by atoms with E-state index in [0.717, 1.165) is 25.1 Å². The zero-order valence-corrected chi connectivity index (χ0v) is 16.7. The number of thioether (sulfide) groups is 1. The van der Waals surface area contributed by atoms with Crippen molar-refractivity contribution in [1.82, 2.24) is 4.57 Å². The summed E-state index contributed by atoms with van der Waals surface area (Å²) in [6, 6.07) is 9.40. The van der Waals surface area contributed by atoms with Crippen molar-refractivity contribution in [3.05, 3.63) is 65.6 Å². The maximum absolute atomic E-state index is 12.8. The molecule has 144 valence electrons. The molecule has 2 atom stereocenters. The van der Waals surface area contributed by atoms with Crippen molar-refractivity contribution < 1.29 is 19.2 Å². The number of nitrogens with zero attached hydrogens (tertiary/aromatic N) is 2. The van der Waals surface area contributed by atoms with Crippen molar-refractivity contribution in [1.29, 1.82) is 0 Å². The molecular weight excluding hydrogens is 360 g/mol. The number of carbonyl (C=O) groups excluding carboxylic acids is 1. The van der Waals surface area contributed by atoms with Gasteiger partial charge in [-0.25, -0.2) is 9.13 Å². The van der Waals surface area contributed by atoms with Gasteiger partial charge in [0.25, 0.3) is 5.82 Å². The van der Waals surface area contributed by atoms with Crippen LogP contribution in [0, 0.1) is 6.92 Å². The first kappa shape index (κ1) is 19.7. The maximum Gasteiger partial charge on any atom is 0.317 e. The number of aryl methyl sites for hydroxylation is 2. The molecule has 2 aromatic rings. The van der Waals surface area contributed by atoms with Crippen LogP contribution in [-0.4, -0.2) is 27.2 Å². The molecule has 0 fully saturated rings. The summed E-state index contributed by atoms with van der Waals surface area (Å²) in [6.45, 7) is 6.27. The van der Waals surface area contributed by atoms with Crippen LogP contribution in [-0.2, 0) is 22.6 Å². The predicted molar refractivity (Wildman–Crippen MR) is 106 cm³/mol. The first-order chi connectivity index (χ1) is 13.0. The standard InChI is InChI=1S/C21H27N2O3S/c1-3-22-13-14-23(17(22)2)12-8-15-26-20(24)19(18-9-5-4-6-10-18)21(25)11-7-16-27-21/h4-7,9-10,13-14,16,19,25H,3,8,11-12,15H2,1-2H3/q+1. The smallest absolute Gasteiger partial charge is 0.317 e. The van der Waals surface area contributed by atoms with Crippen LogP contribution in [0.4, 0.5) is 0 Å². The van der Waals surface area contributed by atoms with Crippen LogP contribution in [0.15, 0.2) is 54.2 Å². The minimum Gasteiger partial charge on any atom is -0.465 e. The lowest BCUT2D eigenvalue weighted by atomic mass is 9.91. The summed E-state index contributed by atoms with van der Waals surface area (Å²) in [5, 5.41) is 12.8. The van der Waals surface area contributed by atoms with Gasteiger partial charge < -0.3 is 9.84 Å². The number of rotatable bonds is 8. The van der Waals surface area contributed by atoms with Gasteiger partial charge in [0.2, 0.25) is 0 Å². The third kappa shape index (κ3) is 4.45. The molecule has 27 heavy (non-hydrogen) atoms. The van der Waals surface area contributed by atoms with E-state index in [9.17, 15) is 9.90 Å². The van der Waals surface area contributed by atoms with Crippen LogP contribution >= 0.6 is 11.8 Å². The molecule has 0 spiro atoms. The zero-order chi connectivity index (χ0) is 19.3. The second-order valence-corrected chi connectivity index (χ2v) is 7.94. The van der Waals surface area contributed by atoms with Crippen molar-refractivity contribution >= 4 is 17.7 Å². The summed E-state index contributed by atoms with van der Waals surface area (Å²) >= 11 is 1.29.